The van der Waals surface area contributed by atoms with E-state index in [1.807, 2.05) is 30.3 Å². The summed E-state index contributed by atoms with van der Waals surface area (Å²) in [6, 6.07) is 20.4. The van der Waals surface area contributed by atoms with Gasteiger partial charge in [-0.15, -0.1) is 0 Å². The van der Waals surface area contributed by atoms with Crippen LogP contribution in [-0.4, -0.2) is 44.3 Å². The number of hydrogen-bond donors (Lipinski definition) is 0. The zero-order chi connectivity index (χ0) is 26.6. The van der Waals surface area contributed by atoms with Crippen LogP contribution in [0, 0.1) is 5.92 Å². The number of hydrogen-bond acceptors (Lipinski definition) is 3. The minimum atomic E-state index is -0.327. The maximum Gasteiger partial charge on any atom is 0.337 e. The number of halogens is 3. The van der Waals surface area contributed by atoms with Crippen LogP contribution in [0.3, 0.4) is 0 Å². The summed E-state index contributed by atoms with van der Waals surface area (Å²) in [7, 11) is 1.41. The number of likely N-dealkylation sites (tertiary alicyclic amines) is 1. The van der Waals surface area contributed by atoms with Crippen molar-refractivity contribution < 1.29 is 13.9 Å². The van der Waals surface area contributed by atoms with Gasteiger partial charge in [0.15, 0.2) is 0 Å². The highest BCUT2D eigenvalue weighted by atomic mass is 35.5. The molecule has 3 aromatic rings. The molecule has 1 heterocycles. The van der Waals surface area contributed by atoms with Crippen LogP contribution < -0.4 is 0 Å². The molecule has 0 atom stereocenters. The molecule has 0 bridgehead atoms. The molecule has 6 heteroatoms. The van der Waals surface area contributed by atoms with Gasteiger partial charge in [-0.25, -0.2) is 4.79 Å². The third kappa shape index (κ3) is 5.83. The van der Waals surface area contributed by atoms with Gasteiger partial charge in [0.2, 0.25) is 0 Å². The summed E-state index contributed by atoms with van der Waals surface area (Å²) in [4.78, 5) is 14.6. The molecule has 0 amide bonds. The van der Waals surface area contributed by atoms with Crippen molar-refractivity contribution in [2.45, 2.75) is 32.1 Å². The summed E-state index contributed by atoms with van der Waals surface area (Å²) < 4.78 is 17.4. The number of benzene rings is 3. The summed E-state index contributed by atoms with van der Waals surface area (Å²) in [6.45, 7) is 2.70. The minimum absolute atomic E-state index is 0.241. The maximum atomic E-state index is 12.5. The average Bonchev–Trinajstić information content (AvgIpc) is 3.09. The van der Waals surface area contributed by atoms with Crippen molar-refractivity contribution in [3.8, 4) is 0 Å². The SMILES string of the molecule is COC(=O)c1ccc2c(c1)CCCC(c1ccc(Cl)cc1Cl)=C2c1ccc(CC2CN(CCCF)C2)cc1. The Labute approximate surface area is 234 Å². The van der Waals surface area contributed by atoms with E-state index < -0.39 is 0 Å². The van der Waals surface area contributed by atoms with Crippen molar-refractivity contribution in [1.29, 1.82) is 0 Å². The van der Waals surface area contributed by atoms with Gasteiger partial charge in [-0.1, -0.05) is 59.6 Å². The van der Waals surface area contributed by atoms with Gasteiger partial charge >= 0.3 is 5.97 Å². The number of ether oxygens (including phenoxy) is 1. The molecule has 0 saturated carbocycles. The summed E-state index contributed by atoms with van der Waals surface area (Å²) in [5.74, 6) is 0.297. The fourth-order valence-electron chi connectivity index (χ4n) is 5.78. The third-order valence-corrected chi connectivity index (χ3v) is 8.18. The van der Waals surface area contributed by atoms with Gasteiger partial charge in [-0.3, -0.25) is 4.39 Å². The Bertz CT molecular complexity index is 1350. The van der Waals surface area contributed by atoms with Gasteiger partial charge in [0.25, 0.3) is 0 Å². The normalized spacial score (nSPS) is 16.1. The summed E-state index contributed by atoms with van der Waals surface area (Å²) in [5, 5.41) is 1.25. The molecule has 198 valence electrons. The molecular formula is C32H32Cl2FNO2. The fraction of sp³-hybridized carbons (Fsp3) is 0.344. The van der Waals surface area contributed by atoms with Crippen molar-refractivity contribution >= 4 is 40.3 Å². The highest BCUT2D eigenvalue weighted by molar-refractivity contribution is 6.36. The lowest BCUT2D eigenvalue weighted by Crippen LogP contribution is -2.47. The first kappa shape index (κ1) is 26.9. The fourth-order valence-corrected chi connectivity index (χ4v) is 6.30. The Morgan fingerprint density at radius 2 is 1.76 bits per heavy atom. The number of methoxy groups -OCH3 is 1. The van der Waals surface area contributed by atoms with Crippen LogP contribution in [0.5, 0.6) is 0 Å². The zero-order valence-corrected chi connectivity index (χ0v) is 23.1. The lowest BCUT2D eigenvalue weighted by molar-refractivity contribution is 0.0600. The van der Waals surface area contributed by atoms with Crippen LogP contribution >= 0.6 is 23.2 Å². The lowest BCUT2D eigenvalue weighted by Gasteiger charge is -2.39. The Hall–Kier alpha value is -2.66. The van der Waals surface area contributed by atoms with E-state index >= 15 is 0 Å². The van der Waals surface area contributed by atoms with Crippen LogP contribution in [0.15, 0.2) is 60.7 Å². The molecule has 1 aliphatic carbocycles. The first-order chi connectivity index (χ1) is 18.5. The zero-order valence-electron chi connectivity index (χ0n) is 21.6. The van der Waals surface area contributed by atoms with Crippen molar-refractivity contribution in [2.75, 3.05) is 33.4 Å². The predicted octanol–water partition coefficient (Wildman–Crippen LogP) is 7.91. The number of esters is 1. The summed E-state index contributed by atoms with van der Waals surface area (Å²) >= 11 is 13.0. The molecule has 3 aromatic carbocycles. The molecule has 1 fully saturated rings. The molecule has 2 aliphatic rings. The van der Waals surface area contributed by atoms with E-state index in [1.165, 1.54) is 18.2 Å². The molecule has 1 saturated heterocycles. The number of carbonyl (C=O) groups excluding carboxylic acids is 1. The van der Waals surface area contributed by atoms with E-state index in [0.29, 0.717) is 27.9 Å². The van der Waals surface area contributed by atoms with Crippen molar-refractivity contribution in [2.24, 2.45) is 5.92 Å². The number of fused-ring (bicyclic) bond motifs is 1. The van der Waals surface area contributed by atoms with Gasteiger partial charge in [-0.05, 0) is 101 Å². The number of rotatable bonds is 8. The third-order valence-electron chi connectivity index (χ3n) is 7.63. The second-order valence-corrected chi connectivity index (χ2v) is 11.1. The second kappa shape index (κ2) is 12.0. The molecule has 0 unspecified atom stereocenters. The summed E-state index contributed by atoms with van der Waals surface area (Å²) in [6.07, 6.45) is 4.31. The van der Waals surface area contributed by atoms with Gasteiger partial charge in [-0.2, -0.15) is 0 Å². The quantitative estimate of drug-likeness (QED) is 0.266. The van der Waals surface area contributed by atoms with E-state index in [2.05, 4.69) is 29.2 Å². The van der Waals surface area contributed by atoms with E-state index in [4.69, 9.17) is 27.9 Å². The molecule has 5 rings (SSSR count). The van der Waals surface area contributed by atoms with Gasteiger partial charge in [0, 0.05) is 29.7 Å². The van der Waals surface area contributed by atoms with Crippen molar-refractivity contribution in [3.63, 3.8) is 0 Å². The number of allylic oxidation sites excluding steroid dienone is 1. The van der Waals surface area contributed by atoms with E-state index in [9.17, 15) is 9.18 Å². The Balaban J connectivity index is 1.51. The smallest absolute Gasteiger partial charge is 0.337 e. The molecule has 3 nitrogen and oxygen atoms in total. The van der Waals surface area contributed by atoms with Gasteiger partial charge < -0.3 is 9.64 Å². The lowest BCUT2D eigenvalue weighted by atomic mass is 9.86. The number of aryl methyl sites for hydroxylation is 1. The predicted molar refractivity (Wildman–Crippen MR) is 154 cm³/mol. The minimum Gasteiger partial charge on any atom is -0.465 e. The molecule has 1 aliphatic heterocycles. The maximum absolute atomic E-state index is 12.5. The van der Waals surface area contributed by atoms with Crippen molar-refractivity contribution in [1.82, 2.24) is 4.90 Å². The standard InChI is InChI=1S/C32H32Cl2FNO2/c1-38-32(37)25-10-12-27-24(17-25)4-2-5-29(28-13-11-26(33)18-30(28)34)31(27)23-8-6-21(7-9-23)16-22-19-36(20-22)15-3-14-35/h6-13,17-18,22H,2-5,14-16,19-20H2,1H3. The highest BCUT2D eigenvalue weighted by Gasteiger charge is 2.26. The van der Waals surface area contributed by atoms with Crippen LogP contribution in [0.4, 0.5) is 4.39 Å². The van der Waals surface area contributed by atoms with Crippen LogP contribution in [0.1, 0.15) is 57.4 Å². The second-order valence-electron chi connectivity index (χ2n) is 10.3. The molecule has 38 heavy (non-hydrogen) atoms. The average molecular weight is 553 g/mol. The topological polar surface area (TPSA) is 29.5 Å². The Morgan fingerprint density at radius 1 is 1.00 bits per heavy atom. The van der Waals surface area contributed by atoms with E-state index in [1.54, 1.807) is 6.07 Å². The number of carbonyl (C=O) groups is 1. The van der Waals surface area contributed by atoms with E-state index in [-0.39, 0.29) is 12.6 Å². The van der Waals surface area contributed by atoms with Gasteiger partial charge in [0.05, 0.1) is 19.3 Å². The molecule has 0 N–H and O–H groups in total. The molecule has 0 radical (unpaired) electrons. The summed E-state index contributed by atoms with van der Waals surface area (Å²) in [5.41, 5.74) is 8.57. The van der Waals surface area contributed by atoms with Crippen LogP contribution in [0.25, 0.3) is 11.1 Å². The molecule has 0 aromatic heterocycles. The Morgan fingerprint density at radius 3 is 2.47 bits per heavy atom. The monoisotopic (exact) mass is 551 g/mol. The van der Waals surface area contributed by atoms with Crippen LogP contribution in [-0.2, 0) is 17.6 Å². The molecular weight excluding hydrogens is 520 g/mol. The van der Waals surface area contributed by atoms with Gasteiger partial charge in [0.1, 0.15) is 0 Å². The highest BCUT2D eigenvalue weighted by Crippen LogP contribution is 2.42. The first-order valence-electron chi connectivity index (χ1n) is 13.2. The van der Waals surface area contributed by atoms with Crippen molar-refractivity contribution in [3.05, 3.63) is 104 Å². The van der Waals surface area contributed by atoms with E-state index in [0.717, 1.165) is 73.1 Å². The molecule has 0 spiro atoms. The largest absolute Gasteiger partial charge is 0.465 e. The van der Waals surface area contributed by atoms with Crippen LogP contribution in [0.2, 0.25) is 10.0 Å². The number of nitrogens with zero attached hydrogens (tertiary/aromatic N) is 1. The first-order valence-corrected chi connectivity index (χ1v) is 14.0. The number of alkyl halides is 1. The Kier molecular flexibility index (Phi) is 8.52.